The SMILES string of the molecule is O=C(CC1Sc2ccc(C(F)(F)F)cc2NC1=O)NCCNC(=O)c1ccccc1. The van der Waals surface area contributed by atoms with Crippen molar-refractivity contribution in [1.29, 1.82) is 0 Å². The van der Waals surface area contributed by atoms with Crippen LogP contribution in [-0.2, 0) is 15.8 Å². The first-order chi connectivity index (χ1) is 14.2. The molecule has 0 spiro atoms. The third-order valence-electron chi connectivity index (χ3n) is 4.27. The van der Waals surface area contributed by atoms with E-state index in [4.69, 9.17) is 0 Å². The number of halogens is 3. The standard InChI is InChI=1S/C20H18F3N3O3S/c21-20(22,23)13-6-7-15-14(10-13)26-19(29)16(30-15)11-17(27)24-8-9-25-18(28)12-4-2-1-3-5-12/h1-7,10,16H,8-9,11H2,(H,24,27)(H,25,28)(H,26,29). The number of benzene rings is 2. The lowest BCUT2D eigenvalue weighted by Gasteiger charge is -2.24. The Morgan fingerprint density at radius 1 is 1.03 bits per heavy atom. The summed E-state index contributed by atoms with van der Waals surface area (Å²) in [5.74, 6) is -1.19. The molecule has 0 aromatic heterocycles. The maximum absolute atomic E-state index is 12.8. The second kappa shape index (κ2) is 9.21. The molecule has 1 atom stereocenters. The summed E-state index contributed by atoms with van der Waals surface area (Å²) in [6, 6.07) is 11.7. The highest BCUT2D eigenvalue weighted by molar-refractivity contribution is 8.01. The van der Waals surface area contributed by atoms with Crippen molar-refractivity contribution in [2.45, 2.75) is 22.7 Å². The quantitative estimate of drug-likeness (QED) is 0.607. The minimum Gasteiger partial charge on any atom is -0.354 e. The smallest absolute Gasteiger partial charge is 0.354 e. The van der Waals surface area contributed by atoms with Gasteiger partial charge in [-0.2, -0.15) is 13.2 Å². The molecule has 0 fully saturated rings. The highest BCUT2D eigenvalue weighted by Gasteiger charge is 2.34. The maximum Gasteiger partial charge on any atom is 0.416 e. The molecule has 2 aromatic rings. The lowest BCUT2D eigenvalue weighted by atomic mass is 10.1. The molecular formula is C20H18F3N3O3S. The molecule has 1 aliphatic heterocycles. The molecule has 0 saturated heterocycles. The summed E-state index contributed by atoms with van der Waals surface area (Å²) in [6.45, 7) is 0.397. The number of anilines is 1. The number of hydrogen-bond acceptors (Lipinski definition) is 4. The Labute approximate surface area is 174 Å². The number of alkyl halides is 3. The van der Waals surface area contributed by atoms with Crippen molar-refractivity contribution in [3.8, 4) is 0 Å². The lowest BCUT2D eigenvalue weighted by Crippen LogP contribution is -2.38. The zero-order chi connectivity index (χ0) is 21.7. The molecule has 0 saturated carbocycles. The summed E-state index contributed by atoms with van der Waals surface area (Å²) in [5, 5.41) is 6.96. The van der Waals surface area contributed by atoms with Gasteiger partial charge in [-0.15, -0.1) is 11.8 Å². The van der Waals surface area contributed by atoms with Crippen molar-refractivity contribution < 1.29 is 27.6 Å². The van der Waals surface area contributed by atoms with Gasteiger partial charge in [0.1, 0.15) is 0 Å². The van der Waals surface area contributed by atoms with Crippen molar-refractivity contribution in [1.82, 2.24) is 10.6 Å². The van der Waals surface area contributed by atoms with Gasteiger partial charge in [0.05, 0.1) is 16.5 Å². The number of amides is 3. The summed E-state index contributed by atoms with van der Waals surface area (Å²) < 4.78 is 38.4. The Kier molecular flexibility index (Phi) is 6.66. The molecular weight excluding hydrogens is 419 g/mol. The van der Waals surface area contributed by atoms with Crippen LogP contribution in [0.2, 0.25) is 0 Å². The fraction of sp³-hybridized carbons (Fsp3) is 0.250. The molecule has 1 aliphatic rings. The minimum atomic E-state index is -4.50. The molecule has 158 valence electrons. The third-order valence-corrected chi connectivity index (χ3v) is 5.54. The van der Waals surface area contributed by atoms with Gasteiger partial charge in [0.2, 0.25) is 11.8 Å². The average Bonchev–Trinajstić information content (AvgIpc) is 2.71. The van der Waals surface area contributed by atoms with Crippen molar-refractivity contribution >= 4 is 35.2 Å². The van der Waals surface area contributed by atoms with Crippen LogP contribution in [0.4, 0.5) is 18.9 Å². The number of nitrogens with one attached hydrogen (secondary N) is 3. The Morgan fingerprint density at radius 2 is 1.73 bits per heavy atom. The molecule has 10 heteroatoms. The van der Waals surface area contributed by atoms with Crippen molar-refractivity contribution in [2.75, 3.05) is 18.4 Å². The fourth-order valence-electron chi connectivity index (χ4n) is 2.77. The number of hydrogen-bond donors (Lipinski definition) is 3. The number of fused-ring (bicyclic) bond motifs is 1. The van der Waals surface area contributed by atoms with Crippen LogP contribution in [0.3, 0.4) is 0 Å². The van der Waals surface area contributed by atoms with Crippen LogP contribution >= 0.6 is 11.8 Å². The topological polar surface area (TPSA) is 87.3 Å². The van der Waals surface area contributed by atoms with Gasteiger partial charge >= 0.3 is 6.18 Å². The van der Waals surface area contributed by atoms with Crippen LogP contribution in [0.25, 0.3) is 0 Å². The van der Waals surface area contributed by atoms with Crippen molar-refractivity contribution in [2.24, 2.45) is 0 Å². The largest absolute Gasteiger partial charge is 0.416 e. The fourth-order valence-corrected chi connectivity index (χ4v) is 3.86. The van der Waals surface area contributed by atoms with E-state index < -0.39 is 28.8 Å². The molecule has 2 aromatic carbocycles. The molecule has 3 rings (SSSR count). The summed E-state index contributed by atoms with van der Waals surface area (Å²) >= 11 is 1.04. The minimum absolute atomic E-state index is 0.0834. The normalized spacial score (nSPS) is 15.7. The van der Waals surface area contributed by atoms with Crippen LogP contribution in [0, 0.1) is 0 Å². The number of carbonyl (C=O) groups excluding carboxylic acids is 3. The first-order valence-corrected chi connectivity index (χ1v) is 9.91. The third kappa shape index (κ3) is 5.53. The van der Waals surface area contributed by atoms with E-state index in [0.717, 1.165) is 23.9 Å². The van der Waals surface area contributed by atoms with Crippen LogP contribution in [0.1, 0.15) is 22.3 Å². The Morgan fingerprint density at radius 3 is 2.43 bits per heavy atom. The van der Waals surface area contributed by atoms with E-state index in [1.165, 1.54) is 6.07 Å². The van der Waals surface area contributed by atoms with Crippen molar-refractivity contribution in [3.63, 3.8) is 0 Å². The number of rotatable bonds is 6. The molecule has 30 heavy (non-hydrogen) atoms. The second-order valence-corrected chi connectivity index (χ2v) is 7.73. The van der Waals surface area contributed by atoms with Gasteiger partial charge in [0.25, 0.3) is 5.91 Å². The number of carbonyl (C=O) groups is 3. The zero-order valence-corrected chi connectivity index (χ0v) is 16.4. The zero-order valence-electron chi connectivity index (χ0n) is 15.6. The molecule has 1 heterocycles. The van der Waals surface area contributed by atoms with Gasteiger partial charge in [0, 0.05) is 30.0 Å². The van der Waals surface area contributed by atoms with E-state index in [1.54, 1.807) is 30.3 Å². The monoisotopic (exact) mass is 437 g/mol. The molecule has 6 nitrogen and oxygen atoms in total. The van der Waals surface area contributed by atoms with Crippen LogP contribution in [-0.4, -0.2) is 36.1 Å². The van der Waals surface area contributed by atoms with Gasteiger partial charge in [-0.1, -0.05) is 18.2 Å². The Bertz CT molecular complexity index is 951. The molecule has 0 bridgehead atoms. The molecule has 1 unspecified atom stereocenters. The predicted molar refractivity (Wildman–Crippen MR) is 106 cm³/mol. The van der Waals surface area contributed by atoms with E-state index in [0.29, 0.717) is 10.5 Å². The van der Waals surface area contributed by atoms with Gasteiger partial charge in [-0.3, -0.25) is 14.4 Å². The van der Waals surface area contributed by atoms with Gasteiger partial charge in [0.15, 0.2) is 0 Å². The highest BCUT2D eigenvalue weighted by Crippen LogP contribution is 2.40. The lowest BCUT2D eigenvalue weighted by molar-refractivity contribution is -0.137. The molecule has 3 amide bonds. The van der Waals surface area contributed by atoms with E-state index >= 15 is 0 Å². The van der Waals surface area contributed by atoms with Gasteiger partial charge < -0.3 is 16.0 Å². The van der Waals surface area contributed by atoms with Gasteiger partial charge in [-0.05, 0) is 30.3 Å². The van der Waals surface area contributed by atoms with Crippen LogP contribution in [0.5, 0.6) is 0 Å². The molecule has 3 N–H and O–H groups in total. The van der Waals surface area contributed by atoms with E-state index in [2.05, 4.69) is 16.0 Å². The maximum atomic E-state index is 12.8. The predicted octanol–water partition coefficient (Wildman–Crippen LogP) is 3.05. The summed E-state index contributed by atoms with van der Waals surface area (Å²) in [5.41, 5.74) is -0.262. The van der Waals surface area contributed by atoms with Crippen molar-refractivity contribution in [3.05, 3.63) is 59.7 Å². The van der Waals surface area contributed by atoms with E-state index in [-0.39, 0.29) is 31.1 Å². The summed E-state index contributed by atoms with van der Waals surface area (Å²) in [7, 11) is 0. The Hall–Kier alpha value is -3.01. The van der Waals surface area contributed by atoms with Gasteiger partial charge in [-0.25, -0.2) is 0 Å². The highest BCUT2D eigenvalue weighted by atomic mass is 32.2. The molecule has 0 aliphatic carbocycles. The Balaban J connectivity index is 1.47. The van der Waals surface area contributed by atoms with E-state index in [9.17, 15) is 27.6 Å². The second-order valence-electron chi connectivity index (χ2n) is 6.48. The summed E-state index contributed by atoms with van der Waals surface area (Å²) in [4.78, 5) is 36.7. The molecule has 0 radical (unpaired) electrons. The van der Waals surface area contributed by atoms with E-state index in [1.807, 2.05) is 0 Å². The first kappa shape index (κ1) is 21.7. The first-order valence-electron chi connectivity index (χ1n) is 9.03. The van der Waals surface area contributed by atoms with Crippen LogP contribution < -0.4 is 16.0 Å². The van der Waals surface area contributed by atoms with Crippen LogP contribution in [0.15, 0.2) is 53.4 Å². The summed E-state index contributed by atoms with van der Waals surface area (Å²) in [6.07, 6.45) is -4.64. The average molecular weight is 437 g/mol. The number of thioether (sulfide) groups is 1.